The van der Waals surface area contributed by atoms with E-state index >= 15 is 0 Å². The SMILES string of the molecule is C=CCOc1ccc(C[C@@H](NS(=O)(=O)c2ccc3nc(SCCCCCCC)sc3c2)C(=O)Cl)cc1. The summed E-state index contributed by atoms with van der Waals surface area (Å²) in [6.45, 7) is 6.19. The lowest BCUT2D eigenvalue weighted by molar-refractivity contribution is -0.113. The first-order valence-electron chi connectivity index (χ1n) is 11.9. The van der Waals surface area contributed by atoms with Crippen LogP contribution in [0, 0.1) is 0 Å². The molecule has 0 bridgehead atoms. The van der Waals surface area contributed by atoms with Gasteiger partial charge in [-0.3, -0.25) is 4.79 Å². The van der Waals surface area contributed by atoms with Gasteiger partial charge in [0.25, 0.3) is 0 Å². The molecule has 0 fully saturated rings. The number of nitrogens with zero attached hydrogens (tertiary/aromatic N) is 1. The summed E-state index contributed by atoms with van der Waals surface area (Å²) in [6, 6.07) is 10.7. The van der Waals surface area contributed by atoms with Gasteiger partial charge in [0.2, 0.25) is 15.3 Å². The van der Waals surface area contributed by atoms with Crippen molar-refractivity contribution in [1.82, 2.24) is 9.71 Å². The van der Waals surface area contributed by atoms with Crippen molar-refractivity contribution in [3.8, 4) is 5.75 Å². The Labute approximate surface area is 226 Å². The van der Waals surface area contributed by atoms with Crippen LogP contribution in [0.25, 0.3) is 10.2 Å². The Morgan fingerprint density at radius 3 is 2.64 bits per heavy atom. The Kier molecular flexibility index (Phi) is 11.3. The number of sulfonamides is 1. The predicted molar refractivity (Wildman–Crippen MR) is 150 cm³/mol. The topological polar surface area (TPSA) is 85.4 Å². The van der Waals surface area contributed by atoms with Crippen LogP contribution >= 0.6 is 34.7 Å². The minimum atomic E-state index is -3.98. The van der Waals surface area contributed by atoms with Crippen molar-refractivity contribution in [3.63, 3.8) is 0 Å². The van der Waals surface area contributed by atoms with Crippen LogP contribution in [0.2, 0.25) is 0 Å². The molecule has 0 saturated heterocycles. The van der Waals surface area contributed by atoms with Crippen molar-refractivity contribution in [2.45, 2.75) is 60.7 Å². The van der Waals surface area contributed by atoms with Crippen LogP contribution in [0.3, 0.4) is 0 Å². The molecular weight excluding hydrogens is 536 g/mol. The normalized spacial score (nSPS) is 12.5. The second-order valence-corrected chi connectivity index (χ2v) is 12.8. The average Bonchev–Trinajstić information content (AvgIpc) is 3.27. The van der Waals surface area contributed by atoms with Crippen LogP contribution in [-0.4, -0.2) is 37.0 Å². The van der Waals surface area contributed by atoms with E-state index in [1.807, 2.05) is 0 Å². The number of nitrogens with one attached hydrogen (secondary N) is 1. The number of carbonyl (C=O) groups excluding carboxylic acids is 1. The van der Waals surface area contributed by atoms with Crippen molar-refractivity contribution in [2.24, 2.45) is 0 Å². The zero-order valence-corrected chi connectivity index (χ0v) is 23.4. The van der Waals surface area contributed by atoms with E-state index in [4.69, 9.17) is 16.3 Å². The Bertz CT molecular complexity index is 1260. The molecule has 1 aromatic heterocycles. The third-order valence-corrected chi connectivity index (χ3v) is 9.41. The number of halogens is 1. The van der Waals surface area contributed by atoms with Gasteiger partial charge in [-0.15, -0.1) is 11.3 Å². The van der Waals surface area contributed by atoms with Crippen LogP contribution in [0.1, 0.15) is 44.6 Å². The molecule has 1 heterocycles. The van der Waals surface area contributed by atoms with Crippen LogP contribution in [0.5, 0.6) is 5.75 Å². The van der Waals surface area contributed by atoms with E-state index in [9.17, 15) is 13.2 Å². The number of carbonyl (C=O) groups is 1. The summed E-state index contributed by atoms with van der Waals surface area (Å²) < 4.78 is 35.8. The Morgan fingerprint density at radius 1 is 1.19 bits per heavy atom. The largest absolute Gasteiger partial charge is 0.490 e. The molecule has 0 unspecified atom stereocenters. The lowest BCUT2D eigenvalue weighted by atomic mass is 10.1. The molecule has 10 heteroatoms. The minimum absolute atomic E-state index is 0.0749. The zero-order chi connectivity index (χ0) is 26.0. The number of fused-ring (bicyclic) bond motifs is 1. The molecule has 1 atom stereocenters. The monoisotopic (exact) mass is 566 g/mol. The Hall–Kier alpha value is -1.91. The van der Waals surface area contributed by atoms with Crippen molar-refractivity contribution in [1.29, 1.82) is 0 Å². The molecule has 0 aliphatic carbocycles. The highest BCUT2D eigenvalue weighted by Gasteiger charge is 2.25. The van der Waals surface area contributed by atoms with Crippen molar-refractivity contribution < 1.29 is 17.9 Å². The first-order valence-corrected chi connectivity index (χ1v) is 15.6. The van der Waals surface area contributed by atoms with Gasteiger partial charge in [-0.05, 0) is 60.3 Å². The van der Waals surface area contributed by atoms with E-state index < -0.39 is 21.3 Å². The van der Waals surface area contributed by atoms with Gasteiger partial charge < -0.3 is 4.74 Å². The highest BCUT2D eigenvalue weighted by molar-refractivity contribution is 8.01. The van der Waals surface area contributed by atoms with Gasteiger partial charge in [-0.25, -0.2) is 13.4 Å². The van der Waals surface area contributed by atoms with E-state index in [1.165, 1.54) is 43.1 Å². The summed E-state index contributed by atoms with van der Waals surface area (Å²) in [7, 11) is -3.98. The molecule has 0 saturated carbocycles. The standard InChI is InChI=1S/C26H31ClN2O4S3/c1-3-5-6-7-8-16-34-26-28-22-14-13-21(18-24(22)35-26)36(31,32)29-23(25(27)30)17-19-9-11-20(12-10-19)33-15-4-2/h4,9-14,18,23,29H,2-3,5-8,15-17H2,1H3/t23-/m1/s1. The van der Waals surface area contributed by atoms with E-state index in [-0.39, 0.29) is 11.3 Å². The third-order valence-electron chi connectivity index (χ3n) is 5.43. The number of hydrogen-bond donors (Lipinski definition) is 1. The highest BCUT2D eigenvalue weighted by atomic mass is 35.5. The van der Waals surface area contributed by atoms with Crippen LogP contribution in [0.15, 0.2) is 64.4 Å². The number of rotatable bonds is 16. The third kappa shape index (κ3) is 8.59. The molecule has 2 aromatic carbocycles. The summed E-state index contributed by atoms with van der Waals surface area (Å²) in [5, 5.41) is -0.776. The van der Waals surface area contributed by atoms with Crippen LogP contribution in [-0.2, 0) is 21.2 Å². The number of ether oxygens (including phenoxy) is 1. The molecule has 0 spiro atoms. The van der Waals surface area contributed by atoms with Crippen molar-refractivity contribution in [3.05, 3.63) is 60.7 Å². The molecule has 6 nitrogen and oxygen atoms in total. The molecule has 3 rings (SSSR count). The van der Waals surface area contributed by atoms with E-state index in [0.29, 0.717) is 12.4 Å². The van der Waals surface area contributed by atoms with Gasteiger partial charge in [-0.2, -0.15) is 4.72 Å². The minimum Gasteiger partial charge on any atom is -0.490 e. The number of aromatic nitrogens is 1. The van der Waals surface area contributed by atoms with Gasteiger partial charge in [0.15, 0.2) is 4.34 Å². The molecule has 0 amide bonds. The number of thiazole rings is 1. The second-order valence-electron chi connectivity index (χ2n) is 8.30. The molecule has 0 radical (unpaired) electrons. The van der Waals surface area contributed by atoms with E-state index in [0.717, 1.165) is 32.3 Å². The fourth-order valence-electron chi connectivity index (χ4n) is 3.51. The zero-order valence-electron chi connectivity index (χ0n) is 20.2. The quantitative estimate of drug-likeness (QED) is 0.0912. The first-order chi connectivity index (χ1) is 17.3. The number of thioether (sulfide) groups is 1. The molecule has 3 aromatic rings. The molecule has 0 aliphatic heterocycles. The van der Waals surface area contributed by atoms with Gasteiger partial charge in [0, 0.05) is 5.75 Å². The molecule has 36 heavy (non-hydrogen) atoms. The fourth-order valence-corrected chi connectivity index (χ4v) is 7.18. The molecular formula is C26H31ClN2O4S3. The Morgan fingerprint density at radius 2 is 1.94 bits per heavy atom. The van der Waals surface area contributed by atoms with Crippen molar-refractivity contribution in [2.75, 3.05) is 12.4 Å². The maximum Gasteiger partial charge on any atom is 0.241 e. The summed E-state index contributed by atoms with van der Waals surface area (Å²) in [6.07, 6.45) is 7.87. The predicted octanol–water partition coefficient (Wildman–Crippen LogP) is 6.58. The van der Waals surface area contributed by atoms with Crippen LogP contribution < -0.4 is 9.46 Å². The number of hydrogen-bond acceptors (Lipinski definition) is 7. The lowest BCUT2D eigenvalue weighted by Gasteiger charge is -2.15. The molecule has 1 N–H and O–H groups in total. The van der Waals surface area contributed by atoms with Gasteiger partial charge >= 0.3 is 0 Å². The van der Waals surface area contributed by atoms with Gasteiger partial charge in [0.1, 0.15) is 12.4 Å². The maximum atomic E-state index is 13.1. The van der Waals surface area contributed by atoms with E-state index in [2.05, 4.69) is 23.2 Å². The Balaban J connectivity index is 1.65. The smallest absolute Gasteiger partial charge is 0.241 e. The maximum absolute atomic E-state index is 13.1. The summed E-state index contributed by atoms with van der Waals surface area (Å²) in [4.78, 5) is 16.7. The average molecular weight is 567 g/mol. The second kappa shape index (κ2) is 14.1. The summed E-state index contributed by atoms with van der Waals surface area (Å²) >= 11 is 8.95. The van der Waals surface area contributed by atoms with Gasteiger partial charge in [-0.1, -0.05) is 69.2 Å². The number of benzene rings is 2. The summed E-state index contributed by atoms with van der Waals surface area (Å²) in [5.74, 6) is 1.65. The first kappa shape index (κ1) is 28.7. The lowest BCUT2D eigenvalue weighted by Crippen LogP contribution is -2.40. The van der Waals surface area contributed by atoms with Gasteiger partial charge in [0.05, 0.1) is 21.2 Å². The number of unbranched alkanes of at least 4 members (excludes halogenated alkanes) is 4. The summed E-state index contributed by atoms with van der Waals surface area (Å²) in [5.41, 5.74) is 1.51. The fraction of sp³-hybridized carbons (Fsp3) is 0.385. The molecule has 194 valence electrons. The van der Waals surface area contributed by atoms with Crippen molar-refractivity contribution >= 4 is 60.2 Å². The van der Waals surface area contributed by atoms with Crippen LogP contribution in [0.4, 0.5) is 0 Å². The molecule has 0 aliphatic rings. The highest BCUT2D eigenvalue weighted by Crippen LogP contribution is 2.32. The van der Waals surface area contributed by atoms with E-state index in [1.54, 1.807) is 54.2 Å².